The molecule has 0 radical (unpaired) electrons. The number of Topliss-reactive ketones (excluding diaryl/α,β-unsaturated/α-hetero) is 1. The Hall–Kier alpha value is -2.53. The summed E-state index contributed by atoms with van der Waals surface area (Å²) in [5.74, 6) is -1.28. The number of aliphatic hydroxyl groups excluding tert-OH is 1. The second kappa shape index (κ2) is 6.28. The van der Waals surface area contributed by atoms with Gasteiger partial charge in [0.05, 0.1) is 18.8 Å². The lowest BCUT2D eigenvalue weighted by Gasteiger charge is -2.12. The van der Waals surface area contributed by atoms with Crippen LogP contribution >= 0.6 is 0 Å². The predicted octanol–water partition coefficient (Wildman–Crippen LogP) is 2.41. The van der Waals surface area contributed by atoms with Crippen molar-refractivity contribution in [3.63, 3.8) is 0 Å². The summed E-state index contributed by atoms with van der Waals surface area (Å²) in [6.45, 7) is 0. The highest BCUT2D eigenvalue weighted by molar-refractivity contribution is 6.00. The number of phenolic OH excluding ortho intramolecular Hbond substituents is 2. The highest BCUT2D eigenvalue weighted by atomic mass is 16.5. The molecule has 110 valence electrons. The minimum Gasteiger partial charge on any atom is -0.504 e. The first-order valence-electron chi connectivity index (χ1n) is 6.39. The Labute approximate surface area is 122 Å². The van der Waals surface area contributed by atoms with Gasteiger partial charge in [-0.1, -0.05) is 30.3 Å². The van der Waals surface area contributed by atoms with Crippen molar-refractivity contribution in [2.75, 3.05) is 7.11 Å². The van der Waals surface area contributed by atoms with E-state index in [9.17, 15) is 20.1 Å². The number of carbonyl (C=O) groups is 1. The van der Waals surface area contributed by atoms with Crippen LogP contribution in [-0.4, -0.2) is 28.2 Å². The Morgan fingerprint density at radius 1 is 1.14 bits per heavy atom. The first-order chi connectivity index (χ1) is 10.0. The summed E-state index contributed by atoms with van der Waals surface area (Å²) in [5, 5.41) is 29.5. The minimum atomic E-state index is -0.960. The van der Waals surface area contributed by atoms with Crippen LogP contribution in [0, 0.1) is 0 Å². The highest BCUT2D eigenvalue weighted by Gasteiger charge is 2.21. The number of ether oxygens (including phenoxy) is 1. The third-order valence-electron chi connectivity index (χ3n) is 3.18. The van der Waals surface area contributed by atoms with Gasteiger partial charge >= 0.3 is 0 Å². The maximum Gasteiger partial charge on any atom is 0.203 e. The van der Waals surface area contributed by atoms with Gasteiger partial charge in [0.25, 0.3) is 0 Å². The van der Waals surface area contributed by atoms with Gasteiger partial charge in [0.15, 0.2) is 17.3 Å². The van der Waals surface area contributed by atoms with Gasteiger partial charge in [-0.25, -0.2) is 0 Å². The van der Waals surface area contributed by atoms with Crippen LogP contribution in [0.4, 0.5) is 0 Å². The van der Waals surface area contributed by atoms with E-state index in [4.69, 9.17) is 4.74 Å². The lowest BCUT2D eigenvalue weighted by atomic mass is 9.99. The van der Waals surface area contributed by atoms with Crippen LogP contribution in [0.25, 0.3) is 0 Å². The molecule has 0 aliphatic rings. The summed E-state index contributed by atoms with van der Waals surface area (Å²) in [6.07, 6.45) is -1.14. The molecule has 0 amide bonds. The number of rotatable bonds is 5. The third-order valence-corrected chi connectivity index (χ3v) is 3.18. The minimum absolute atomic E-state index is 0.000342. The molecule has 0 aromatic heterocycles. The number of ketones is 1. The summed E-state index contributed by atoms with van der Waals surface area (Å²) < 4.78 is 4.84. The van der Waals surface area contributed by atoms with Gasteiger partial charge in [-0.05, 0) is 17.7 Å². The number of aromatic hydroxyl groups is 2. The largest absolute Gasteiger partial charge is 0.504 e. The number of aliphatic hydroxyl groups is 1. The molecule has 0 saturated heterocycles. The molecule has 0 unspecified atom stereocenters. The van der Waals surface area contributed by atoms with Crippen LogP contribution < -0.4 is 4.74 Å². The van der Waals surface area contributed by atoms with Crippen molar-refractivity contribution in [2.45, 2.75) is 12.5 Å². The third kappa shape index (κ3) is 3.14. The highest BCUT2D eigenvalue weighted by Crippen LogP contribution is 2.39. The van der Waals surface area contributed by atoms with Crippen molar-refractivity contribution in [3.05, 3.63) is 53.6 Å². The zero-order chi connectivity index (χ0) is 15.4. The Bertz CT molecular complexity index is 637. The zero-order valence-corrected chi connectivity index (χ0v) is 11.5. The fourth-order valence-electron chi connectivity index (χ4n) is 2.07. The molecule has 0 saturated carbocycles. The Balaban J connectivity index is 2.21. The maximum absolute atomic E-state index is 12.2. The van der Waals surface area contributed by atoms with E-state index in [1.165, 1.54) is 19.2 Å². The Morgan fingerprint density at radius 2 is 1.81 bits per heavy atom. The van der Waals surface area contributed by atoms with E-state index >= 15 is 0 Å². The van der Waals surface area contributed by atoms with Crippen LogP contribution in [0.5, 0.6) is 17.2 Å². The van der Waals surface area contributed by atoms with E-state index in [1.807, 2.05) is 6.07 Å². The number of hydrogen-bond donors (Lipinski definition) is 3. The molecule has 0 heterocycles. The summed E-state index contributed by atoms with van der Waals surface area (Å²) >= 11 is 0. The number of hydrogen-bond acceptors (Lipinski definition) is 5. The number of carbonyl (C=O) groups excluding carboxylic acids is 1. The second-order valence-electron chi connectivity index (χ2n) is 4.57. The predicted molar refractivity (Wildman–Crippen MR) is 76.7 cm³/mol. The monoisotopic (exact) mass is 288 g/mol. The molecule has 0 aliphatic carbocycles. The molecule has 3 N–H and O–H groups in total. The van der Waals surface area contributed by atoms with Crippen LogP contribution in [0.15, 0.2) is 42.5 Å². The fourth-order valence-corrected chi connectivity index (χ4v) is 2.07. The molecule has 0 bridgehead atoms. The van der Waals surface area contributed by atoms with Gasteiger partial charge in [0, 0.05) is 6.42 Å². The number of phenols is 2. The molecule has 0 fully saturated rings. The van der Waals surface area contributed by atoms with Crippen molar-refractivity contribution < 1.29 is 24.9 Å². The molecular weight excluding hydrogens is 272 g/mol. The number of benzene rings is 2. The van der Waals surface area contributed by atoms with E-state index in [0.717, 1.165) is 0 Å². The van der Waals surface area contributed by atoms with Crippen molar-refractivity contribution in [1.82, 2.24) is 0 Å². The zero-order valence-electron chi connectivity index (χ0n) is 11.5. The van der Waals surface area contributed by atoms with Crippen molar-refractivity contribution in [1.29, 1.82) is 0 Å². The topological polar surface area (TPSA) is 87.0 Å². The lowest BCUT2D eigenvalue weighted by Crippen LogP contribution is -2.07. The van der Waals surface area contributed by atoms with E-state index in [-0.39, 0.29) is 23.5 Å². The lowest BCUT2D eigenvalue weighted by molar-refractivity contribution is 0.0877. The molecular formula is C16H16O5. The van der Waals surface area contributed by atoms with Crippen molar-refractivity contribution >= 4 is 5.78 Å². The average Bonchev–Trinajstić information content (AvgIpc) is 2.48. The van der Waals surface area contributed by atoms with Crippen molar-refractivity contribution in [2.24, 2.45) is 0 Å². The van der Waals surface area contributed by atoms with E-state index in [2.05, 4.69) is 0 Å². The van der Waals surface area contributed by atoms with Crippen LogP contribution in [-0.2, 0) is 0 Å². The molecule has 5 heteroatoms. The van der Waals surface area contributed by atoms with E-state index < -0.39 is 17.6 Å². The fraction of sp³-hybridized carbons (Fsp3) is 0.188. The smallest absolute Gasteiger partial charge is 0.203 e. The summed E-state index contributed by atoms with van der Waals surface area (Å²) in [5.41, 5.74) is 0.621. The first kappa shape index (κ1) is 14.9. The quantitative estimate of drug-likeness (QED) is 0.735. The van der Waals surface area contributed by atoms with E-state index in [1.54, 1.807) is 24.3 Å². The van der Waals surface area contributed by atoms with Gasteiger partial charge in [-0.15, -0.1) is 0 Å². The summed E-state index contributed by atoms with van der Waals surface area (Å²) in [7, 11) is 1.28. The van der Waals surface area contributed by atoms with E-state index in [0.29, 0.717) is 5.56 Å². The molecule has 2 aromatic rings. The molecule has 0 spiro atoms. The molecule has 2 rings (SSSR count). The van der Waals surface area contributed by atoms with Crippen LogP contribution in [0.3, 0.4) is 0 Å². The van der Waals surface area contributed by atoms with Crippen LogP contribution in [0.2, 0.25) is 0 Å². The van der Waals surface area contributed by atoms with Gasteiger partial charge in [-0.3, -0.25) is 4.79 Å². The van der Waals surface area contributed by atoms with Crippen molar-refractivity contribution in [3.8, 4) is 17.2 Å². The van der Waals surface area contributed by atoms with Gasteiger partial charge in [0.1, 0.15) is 0 Å². The first-order valence-corrected chi connectivity index (χ1v) is 6.39. The molecule has 2 aromatic carbocycles. The number of methoxy groups -OCH3 is 1. The molecule has 5 nitrogen and oxygen atoms in total. The summed E-state index contributed by atoms with van der Waals surface area (Å²) in [4.78, 5) is 12.2. The molecule has 1 atom stereocenters. The molecule has 0 aliphatic heterocycles. The van der Waals surface area contributed by atoms with Gasteiger partial charge in [-0.2, -0.15) is 0 Å². The average molecular weight is 288 g/mol. The Kier molecular flexibility index (Phi) is 4.45. The second-order valence-corrected chi connectivity index (χ2v) is 4.57. The SMILES string of the molecule is COc1c(O)ccc(C(=O)C[C@@H](O)c2ccccc2)c1O. The van der Waals surface area contributed by atoms with Crippen LogP contribution in [0.1, 0.15) is 28.4 Å². The standard InChI is InChI=1S/C16H16O5/c1-21-16-12(17)8-7-11(15(16)20)14(19)9-13(18)10-5-3-2-4-6-10/h2-8,13,17-18,20H,9H2,1H3/t13-/m1/s1. The summed E-state index contributed by atoms with van der Waals surface area (Å²) in [6, 6.07) is 11.3. The Morgan fingerprint density at radius 3 is 2.43 bits per heavy atom. The normalized spacial score (nSPS) is 11.9. The maximum atomic E-state index is 12.2. The van der Waals surface area contributed by atoms with Gasteiger partial charge in [0.2, 0.25) is 5.75 Å². The van der Waals surface area contributed by atoms with Gasteiger partial charge < -0.3 is 20.1 Å². The molecule has 21 heavy (non-hydrogen) atoms.